The van der Waals surface area contributed by atoms with E-state index in [0.29, 0.717) is 5.88 Å². The zero-order valence-electron chi connectivity index (χ0n) is 8.83. The lowest BCUT2D eigenvalue weighted by molar-refractivity contribution is -0.119. The molecule has 0 bridgehead atoms. The zero-order chi connectivity index (χ0) is 10.3. The maximum absolute atomic E-state index is 11.6. The average molecular weight is 229 g/mol. The van der Waals surface area contributed by atoms with Gasteiger partial charge in [-0.2, -0.15) is 0 Å². The van der Waals surface area contributed by atoms with Crippen molar-refractivity contribution >= 4 is 24.0 Å². The highest BCUT2D eigenvalue weighted by molar-refractivity contribution is 6.05. The molecule has 15 heavy (non-hydrogen) atoms. The number of ether oxygens (including phenoxy) is 1. The molecule has 1 N–H and O–H groups in total. The third kappa shape index (κ3) is 1.65. The SMILES string of the molecule is COc1cc2c(cn1)NC(=O)C2(C)C.Cl. The number of fused-ring (bicyclic) bond motifs is 1. The van der Waals surface area contributed by atoms with Gasteiger partial charge in [0.05, 0.1) is 24.4 Å². The van der Waals surface area contributed by atoms with Crippen LogP contribution in [0, 0.1) is 0 Å². The Morgan fingerprint density at radius 2 is 2.13 bits per heavy atom. The van der Waals surface area contributed by atoms with E-state index in [9.17, 15) is 4.79 Å². The highest BCUT2D eigenvalue weighted by Crippen LogP contribution is 2.37. The maximum Gasteiger partial charge on any atom is 0.234 e. The van der Waals surface area contributed by atoms with Gasteiger partial charge in [0.1, 0.15) is 0 Å². The van der Waals surface area contributed by atoms with E-state index in [1.54, 1.807) is 19.4 Å². The molecule has 0 radical (unpaired) electrons. The van der Waals surface area contributed by atoms with Crippen molar-refractivity contribution in [3.63, 3.8) is 0 Å². The molecule has 2 heterocycles. The molecule has 0 spiro atoms. The second-order valence-electron chi connectivity index (χ2n) is 3.85. The van der Waals surface area contributed by atoms with Crippen LogP contribution in [-0.4, -0.2) is 18.0 Å². The van der Waals surface area contributed by atoms with Crippen LogP contribution in [0.5, 0.6) is 5.88 Å². The summed E-state index contributed by atoms with van der Waals surface area (Å²) in [5.74, 6) is 0.538. The van der Waals surface area contributed by atoms with Gasteiger partial charge in [-0.05, 0) is 19.4 Å². The number of nitrogens with zero attached hydrogens (tertiary/aromatic N) is 1. The first-order valence-corrected chi connectivity index (χ1v) is 4.41. The molecule has 0 saturated heterocycles. The number of pyridine rings is 1. The van der Waals surface area contributed by atoms with Crippen molar-refractivity contribution in [2.75, 3.05) is 12.4 Å². The Labute approximate surface area is 94.4 Å². The summed E-state index contributed by atoms with van der Waals surface area (Å²) in [6.07, 6.45) is 1.63. The van der Waals surface area contributed by atoms with Crippen molar-refractivity contribution in [1.82, 2.24) is 4.98 Å². The molecule has 0 aromatic carbocycles. The second kappa shape index (κ2) is 3.70. The summed E-state index contributed by atoms with van der Waals surface area (Å²) in [5, 5.41) is 2.78. The number of methoxy groups -OCH3 is 1. The molecule has 1 aromatic heterocycles. The third-order valence-corrected chi connectivity index (χ3v) is 2.58. The van der Waals surface area contributed by atoms with E-state index < -0.39 is 5.41 Å². The van der Waals surface area contributed by atoms with E-state index in [2.05, 4.69) is 10.3 Å². The lowest BCUT2D eigenvalue weighted by Gasteiger charge is -2.14. The van der Waals surface area contributed by atoms with E-state index in [4.69, 9.17) is 4.74 Å². The van der Waals surface area contributed by atoms with Gasteiger partial charge in [0, 0.05) is 6.07 Å². The first-order valence-electron chi connectivity index (χ1n) is 4.41. The summed E-state index contributed by atoms with van der Waals surface area (Å²) in [6.45, 7) is 3.77. The fraction of sp³-hybridized carbons (Fsp3) is 0.400. The minimum Gasteiger partial charge on any atom is -0.481 e. The van der Waals surface area contributed by atoms with E-state index in [-0.39, 0.29) is 18.3 Å². The number of rotatable bonds is 1. The summed E-state index contributed by atoms with van der Waals surface area (Å²) >= 11 is 0. The molecule has 0 aliphatic carbocycles. The molecule has 1 aliphatic heterocycles. The summed E-state index contributed by atoms with van der Waals surface area (Å²) < 4.78 is 5.02. The van der Waals surface area contributed by atoms with Crippen molar-refractivity contribution < 1.29 is 9.53 Å². The van der Waals surface area contributed by atoms with Gasteiger partial charge in [0.2, 0.25) is 11.8 Å². The van der Waals surface area contributed by atoms with Crippen LogP contribution >= 0.6 is 12.4 Å². The summed E-state index contributed by atoms with van der Waals surface area (Å²) in [7, 11) is 1.56. The van der Waals surface area contributed by atoms with Crippen LogP contribution < -0.4 is 10.1 Å². The summed E-state index contributed by atoms with van der Waals surface area (Å²) in [5.41, 5.74) is 1.22. The van der Waals surface area contributed by atoms with Gasteiger partial charge >= 0.3 is 0 Å². The number of anilines is 1. The molecule has 4 nitrogen and oxygen atoms in total. The zero-order valence-corrected chi connectivity index (χ0v) is 9.64. The number of aromatic nitrogens is 1. The van der Waals surface area contributed by atoms with Gasteiger partial charge in [-0.3, -0.25) is 4.79 Å². The molecule has 5 heteroatoms. The lowest BCUT2D eigenvalue weighted by atomic mass is 9.87. The van der Waals surface area contributed by atoms with Crippen LogP contribution in [0.15, 0.2) is 12.3 Å². The van der Waals surface area contributed by atoms with Gasteiger partial charge in [-0.25, -0.2) is 4.98 Å². The molecule has 1 aromatic rings. The number of halogens is 1. The highest BCUT2D eigenvalue weighted by Gasteiger charge is 2.38. The fourth-order valence-electron chi connectivity index (χ4n) is 1.57. The molecule has 1 amide bonds. The molecule has 0 atom stereocenters. The van der Waals surface area contributed by atoms with Crippen molar-refractivity contribution in [2.24, 2.45) is 0 Å². The smallest absolute Gasteiger partial charge is 0.234 e. The number of carbonyl (C=O) groups excluding carboxylic acids is 1. The molecule has 0 fully saturated rings. The first-order chi connectivity index (χ1) is 6.55. The third-order valence-electron chi connectivity index (χ3n) is 2.58. The number of hydrogen-bond acceptors (Lipinski definition) is 3. The van der Waals surface area contributed by atoms with Crippen LogP contribution in [0.3, 0.4) is 0 Å². The van der Waals surface area contributed by atoms with E-state index in [1.165, 1.54) is 0 Å². The van der Waals surface area contributed by atoms with Gasteiger partial charge in [-0.15, -0.1) is 12.4 Å². The maximum atomic E-state index is 11.6. The highest BCUT2D eigenvalue weighted by atomic mass is 35.5. The Balaban J connectivity index is 0.00000112. The van der Waals surface area contributed by atoms with Crippen molar-refractivity contribution in [2.45, 2.75) is 19.3 Å². The molecule has 82 valence electrons. The molecule has 2 rings (SSSR count). The minimum absolute atomic E-state index is 0. The Morgan fingerprint density at radius 3 is 2.73 bits per heavy atom. The number of hydrogen-bond donors (Lipinski definition) is 1. The summed E-state index contributed by atoms with van der Waals surface area (Å²) in [6, 6.07) is 1.80. The topological polar surface area (TPSA) is 51.2 Å². The van der Waals surface area contributed by atoms with Crippen LogP contribution in [0.1, 0.15) is 19.4 Å². The van der Waals surface area contributed by atoms with Crippen molar-refractivity contribution in [1.29, 1.82) is 0 Å². The van der Waals surface area contributed by atoms with Gasteiger partial charge in [0.15, 0.2) is 0 Å². The van der Waals surface area contributed by atoms with E-state index in [1.807, 2.05) is 13.8 Å². The average Bonchev–Trinajstić information content (AvgIpc) is 2.38. The van der Waals surface area contributed by atoms with E-state index >= 15 is 0 Å². The van der Waals surface area contributed by atoms with Crippen LogP contribution in [0.4, 0.5) is 5.69 Å². The van der Waals surface area contributed by atoms with E-state index in [0.717, 1.165) is 11.3 Å². The normalized spacial score (nSPS) is 16.3. The van der Waals surface area contributed by atoms with Gasteiger partial charge < -0.3 is 10.1 Å². The van der Waals surface area contributed by atoms with Crippen molar-refractivity contribution in [3.05, 3.63) is 17.8 Å². The summed E-state index contributed by atoms with van der Waals surface area (Å²) in [4.78, 5) is 15.6. The van der Waals surface area contributed by atoms with Gasteiger partial charge in [0.25, 0.3) is 0 Å². The molecule has 0 unspecified atom stereocenters. The van der Waals surface area contributed by atoms with Crippen LogP contribution in [-0.2, 0) is 10.2 Å². The van der Waals surface area contributed by atoms with Crippen LogP contribution in [0.2, 0.25) is 0 Å². The molecule has 0 saturated carbocycles. The fourth-order valence-corrected chi connectivity index (χ4v) is 1.57. The van der Waals surface area contributed by atoms with Gasteiger partial charge in [-0.1, -0.05) is 0 Å². The Morgan fingerprint density at radius 1 is 1.47 bits per heavy atom. The minimum atomic E-state index is -0.494. The number of nitrogens with one attached hydrogen (secondary N) is 1. The predicted molar refractivity (Wildman–Crippen MR) is 59.7 cm³/mol. The predicted octanol–water partition coefficient (Wildman–Crippen LogP) is 1.74. The monoisotopic (exact) mass is 228 g/mol. The standard InChI is InChI=1S/C10H12N2O2.ClH/c1-10(2)6-4-8(14-3)11-5-7(6)12-9(10)13;/h4-5H,1-3H3,(H,12,13);1H. The van der Waals surface area contributed by atoms with Crippen LogP contribution in [0.25, 0.3) is 0 Å². The Hall–Kier alpha value is -1.29. The first kappa shape index (κ1) is 11.8. The Kier molecular flexibility index (Phi) is 2.90. The molecular weight excluding hydrogens is 216 g/mol. The molecule has 1 aliphatic rings. The van der Waals surface area contributed by atoms with Crippen molar-refractivity contribution in [3.8, 4) is 5.88 Å². The molecular formula is C10H13ClN2O2. The lowest BCUT2D eigenvalue weighted by Crippen LogP contribution is -2.26. The second-order valence-corrected chi connectivity index (χ2v) is 3.85. The Bertz CT molecular complexity index is 404. The quantitative estimate of drug-likeness (QED) is 0.797. The number of carbonyl (C=O) groups is 1. The number of amides is 1. The largest absolute Gasteiger partial charge is 0.481 e.